The number of amides is 1. The summed E-state index contributed by atoms with van der Waals surface area (Å²) in [6.45, 7) is 8.94. The molecule has 1 aliphatic heterocycles. The highest BCUT2D eigenvalue weighted by molar-refractivity contribution is 5.80. The molecule has 6 nitrogen and oxygen atoms in total. The maximum Gasteiger partial charge on any atom is 0.225 e. The van der Waals surface area contributed by atoms with E-state index < -0.39 is 0 Å². The summed E-state index contributed by atoms with van der Waals surface area (Å²) in [5, 5.41) is 3.21. The summed E-state index contributed by atoms with van der Waals surface area (Å²) in [7, 11) is 0. The number of aromatic nitrogens is 1. The first-order valence-electron chi connectivity index (χ1n) is 9.93. The van der Waals surface area contributed by atoms with E-state index >= 15 is 0 Å². The zero-order chi connectivity index (χ0) is 18.6. The maximum atomic E-state index is 12.7. The summed E-state index contributed by atoms with van der Waals surface area (Å²) in [6.07, 6.45) is 5.93. The molecule has 2 fully saturated rings. The highest BCUT2D eigenvalue weighted by atomic mass is 16.2. The summed E-state index contributed by atoms with van der Waals surface area (Å²) in [6, 6.07) is 6.18. The Kier molecular flexibility index (Phi) is 6.14. The second kappa shape index (κ2) is 8.35. The SMILES string of the molecule is CC(CN1CCN(c2ccccn2)CC1)NC(=O)C1CCCCC1(C)N. The van der Waals surface area contributed by atoms with Crippen molar-refractivity contribution in [2.45, 2.75) is 51.1 Å². The molecule has 1 aromatic rings. The molecule has 3 unspecified atom stereocenters. The number of nitrogens with two attached hydrogens (primary N) is 1. The van der Waals surface area contributed by atoms with E-state index in [1.807, 2.05) is 25.3 Å². The summed E-state index contributed by atoms with van der Waals surface area (Å²) < 4.78 is 0. The van der Waals surface area contributed by atoms with E-state index in [4.69, 9.17) is 5.73 Å². The van der Waals surface area contributed by atoms with Crippen molar-refractivity contribution in [3.63, 3.8) is 0 Å². The topological polar surface area (TPSA) is 74.5 Å². The number of hydrogen-bond acceptors (Lipinski definition) is 5. The summed E-state index contributed by atoms with van der Waals surface area (Å²) >= 11 is 0. The molecule has 3 N–H and O–H groups in total. The Morgan fingerprint density at radius 1 is 1.35 bits per heavy atom. The molecule has 26 heavy (non-hydrogen) atoms. The van der Waals surface area contributed by atoms with Crippen LogP contribution < -0.4 is 16.0 Å². The molecule has 0 radical (unpaired) electrons. The number of nitrogens with zero attached hydrogens (tertiary/aromatic N) is 3. The first-order valence-corrected chi connectivity index (χ1v) is 9.93. The van der Waals surface area contributed by atoms with Crippen LogP contribution in [0.4, 0.5) is 5.82 Å². The van der Waals surface area contributed by atoms with Gasteiger partial charge in [0, 0.05) is 50.5 Å². The van der Waals surface area contributed by atoms with Crippen molar-refractivity contribution in [2.75, 3.05) is 37.6 Å². The van der Waals surface area contributed by atoms with Gasteiger partial charge in [-0.05, 0) is 38.8 Å². The van der Waals surface area contributed by atoms with Gasteiger partial charge in [-0.15, -0.1) is 0 Å². The van der Waals surface area contributed by atoms with Gasteiger partial charge in [0.05, 0.1) is 5.92 Å². The van der Waals surface area contributed by atoms with Crippen LogP contribution in [0.3, 0.4) is 0 Å². The molecule has 6 heteroatoms. The minimum atomic E-state index is -0.365. The van der Waals surface area contributed by atoms with Crippen LogP contribution in [0, 0.1) is 5.92 Å². The lowest BCUT2D eigenvalue weighted by atomic mass is 9.74. The van der Waals surface area contributed by atoms with Crippen LogP contribution in [0.5, 0.6) is 0 Å². The quantitative estimate of drug-likeness (QED) is 0.836. The Hall–Kier alpha value is -1.66. The average Bonchev–Trinajstić information content (AvgIpc) is 2.62. The van der Waals surface area contributed by atoms with Gasteiger partial charge in [0.1, 0.15) is 5.82 Å². The third-order valence-corrected chi connectivity index (χ3v) is 5.84. The standard InChI is InChI=1S/C20H33N5O/c1-16(23-19(26)17-7-3-5-9-20(17,2)21)15-24-11-13-25(14-12-24)18-8-4-6-10-22-18/h4,6,8,10,16-17H,3,5,7,9,11-15,21H2,1-2H3,(H,23,26). The lowest BCUT2D eigenvalue weighted by Crippen LogP contribution is -2.56. The van der Waals surface area contributed by atoms with Gasteiger partial charge in [0.25, 0.3) is 0 Å². The van der Waals surface area contributed by atoms with Crippen molar-refractivity contribution >= 4 is 11.7 Å². The van der Waals surface area contributed by atoms with Gasteiger partial charge < -0.3 is 16.0 Å². The van der Waals surface area contributed by atoms with Crippen LogP contribution in [-0.4, -0.2) is 60.1 Å². The Labute approximate surface area is 157 Å². The van der Waals surface area contributed by atoms with Gasteiger partial charge >= 0.3 is 0 Å². The van der Waals surface area contributed by atoms with Crippen molar-refractivity contribution in [2.24, 2.45) is 11.7 Å². The molecule has 2 heterocycles. The monoisotopic (exact) mass is 359 g/mol. The number of pyridine rings is 1. The van der Waals surface area contributed by atoms with Crippen LogP contribution in [0.2, 0.25) is 0 Å². The highest BCUT2D eigenvalue weighted by Crippen LogP contribution is 2.31. The van der Waals surface area contributed by atoms with Crippen molar-refractivity contribution in [3.8, 4) is 0 Å². The van der Waals surface area contributed by atoms with Gasteiger partial charge in [-0.2, -0.15) is 0 Å². The van der Waals surface area contributed by atoms with E-state index in [9.17, 15) is 4.79 Å². The second-order valence-electron chi connectivity index (χ2n) is 8.19. The predicted octanol–water partition coefficient (Wildman–Crippen LogP) is 1.62. The van der Waals surface area contributed by atoms with Crippen molar-refractivity contribution in [1.29, 1.82) is 0 Å². The van der Waals surface area contributed by atoms with Crippen molar-refractivity contribution in [3.05, 3.63) is 24.4 Å². The van der Waals surface area contributed by atoms with Gasteiger partial charge in [-0.25, -0.2) is 4.98 Å². The molecule has 1 amide bonds. The van der Waals surface area contributed by atoms with Crippen LogP contribution >= 0.6 is 0 Å². The Morgan fingerprint density at radius 3 is 2.77 bits per heavy atom. The molecule has 144 valence electrons. The number of piperazine rings is 1. The number of hydrogen-bond donors (Lipinski definition) is 2. The fraction of sp³-hybridized carbons (Fsp3) is 0.700. The molecule has 2 aliphatic rings. The number of carbonyl (C=O) groups is 1. The molecule has 1 aromatic heterocycles. The van der Waals surface area contributed by atoms with Crippen LogP contribution in [-0.2, 0) is 4.79 Å². The summed E-state index contributed by atoms with van der Waals surface area (Å²) in [5.41, 5.74) is 6.01. The van der Waals surface area contributed by atoms with E-state index in [1.165, 1.54) is 0 Å². The Bertz CT molecular complexity index is 583. The molecule has 3 rings (SSSR count). The summed E-state index contributed by atoms with van der Waals surface area (Å²) in [4.78, 5) is 21.9. The van der Waals surface area contributed by atoms with Crippen molar-refractivity contribution < 1.29 is 4.79 Å². The molecule has 1 saturated carbocycles. The van der Waals surface area contributed by atoms with E-state index in [-0.39, 0.29) is 23.4 Å². The molecule has 3 atom stereocenters. The lowest BCUT2D eigenvalue weighted by molar-refractivity contribution is -0.128. The van der Waals surface area contributed by atoms with Gasteiger partial charge in [-0.1, -0.05) is 18.9 Å². The van der Waals surface area contributed by atoms with Crippen LogP contribution in [0.1, 0.15) is 39.5 Å². The Morgan fingerprint density at radius 2 is 2.12 bits per heavy atom. The summed E-state index contributed by atoms with van der Waals surface area (Å²) in [5.74, 6) is 1.13. The first-order chi connectivity index (χ1) is 12.5. The van der Waals surface area contributed by atoms with Gasteiger partial charge in [0.15, 0.2) is 0 Å². The number of anilines is 1. The molecular formula is C20H33N5O. The molecule has 0 aromatic carbocycles. The average molecular weight is 360 g/mol. The smallest absolute Gasteiger partial charge is 0.225 e. The first kappa shape index (κ1) is 19.1. The van der Waals surface area contributed by atoms with Crippen molar-refractivity contribution in [1.82, 2.24) is 15.2 Å². The largest absolute Gasteiger partial charge is 0.354 e. The minimum absolute atomic E-state index is 0.0558. The second-order valence-corrected chi connectivity index (χ2v) is 8.19. The molecule has 0 spiro atoms. The van der Waals surface area contributed by atoms with Gasteiger partial charge in [-0.3, -0.25) is 9.69 Å². The number of rotatable bonds is 5. The van der Waals surface area contributed by atoms with Crippen LogP contribution in [0.25, 0.3) is 0 Å². The fourth-order valence-corrected chi connectivity index (χ4v) is 4.27. The van der Waals surface area contributed by atoms with E-state index in [1.54, 1.807) is 0 Å². The highest BCUT2D eigenvalue weighted by Gasteiger charge is 2.38. The number of nitrogens with one attached hydrogen (secondary N) is 1. The third kappa shape index (κ3) is 4.74. The lowest BCUT2D eigenvalue weighted by Gasteiger charge is -2.39. The predicted molar refractivity (Wildman–Crippen MR) is 105 cm³/mol. The zero-order valence-corrected chi connectivity index (χ0v) is 16.2. The number of carbonyl (C=O) groups excluding carboxylic acids is 1. The van der Waals surface area contributed by atoms with E-state index in [0.717, 1.165) is 64.2 Å². The minimum Gasteiger partial charge on any atom is -0.354 e. The molecule has 0 bridgehead atoms. The normalized spacial score (nSPS) is 28.6. The third-order valence-electron chi connectivity index (χ3n) is 5.84. The van der Waals surface area contributed by atoms with Gasteiger partial charge in [0.2, 0.25) is 5.91 Å². The molecule has 1 saturated heterocycles. The van der Waals surface area contributed by atoms with E-state index in [2.05, 4.69) is 33.1 Å². The fourth-order valence-electron chi connectivity index (χ4n) is 4.27. The zero-order valence-electron chi connectivity index (χ0n) is 16.2. The molecule has 1 aliphatic carbocycles. The van der Waals surface area contributed by atoms with E-state index in [0.29, 0.717) is 0 Å². The maximum absolute atomic E-state index is 12.7. The molecular weight excluding hydrogens is 326 g/mol. The van der Waals surface area contributed by atoms with Crippen LogP contribution in [0.15, 0.2) is 24.4 Å². The Balaban J connectivity index is 1.44.